The second-order valence-corrected chi connectivity index (χ2v) is 3.29. The van der Waals surface area contributed by atoms with Gasteiger partial charge in [0.1, 0.15) is 0 Å². The van der Waals surface area contributed by atoms with E-state index >= 15 is 0 Å². The molecule has 0 nitrogen and oxygen atoms in total. The maximum absolute atomic E-state index is 2.30. The fraction of sp³-hybridized carbons (Fsp3) is 0.250. The first kappa shape index (κ1) is 20.9. The van der Waals surface area contributed by atoms with E-state index in [1.807, 2.05) is 0 Å². The van der Waals surface area contributed by atoms with E-state index in [0.29, 0.717) is 0 Å². The van der Waals surface area contributed by atoms with E-state index in [4.69, 9.17) is 0 Å². The van der Waals surface area contributed by atoms with Gasteiger partial charge in [0.25, 0.3) is 0 Å². The Kier molecular flexibility index (Phi) is 11.3. The Balaban J connectivity index is -0.000000422. The number of rotatable bonds is 1. The molecule has 0 amide bonds. The minimum Gasteiger partial charge on any atom is -1.00 e. The van der Waals surface area contributed by atoms with Crippen LogP contribution in [0.1, 0.15) is 18.1 Å². The molecule has 0 saturated carbocycles. The van der Waals surface area contributed by atoms with Crippen LogP contribution in [0.25, 0.3) is 10.8 Å². The fourth-order valence-corrected chi connectivity index (χ4v) is 1.66. The summed E-state index contributed by atoms with van der Waals surface area (Å²) in [5.74, 6) is 0. The van der Waals surface area contributed by atoms with E-state index in [2.05, 4.69) is 44.2 Å². The van der Waals surface area contributed by atoms with Crippen molar-refractivity contribution in [3.63, 3.8) is 0 Å². The Morgan fingerprint density at radius 3 is 2.25 bits per heavy atom. The third-order valence-electron chi connectivity index (χ3n) is 2.44. The van der Waals surface area contributed by atoms with Crippen molar-refractivity contribution in [3.05, 3.63) is 41.5 Å². The number of benzene rings is 1. The summed E-state index contributed by atoms with van der Waals surface area (Å²) < 4.78 is 0. The zero-order valence-electron chi connectivity index (χ0n) is 9.23. The summed E-state index contributed by atoms with van der Waals surface area (Å²) in [6.45, 7) is 4.37. The molecule has 2 aromatic carbocycles. The van der Waals surface area contributed by atoms with Gasteiger partial charge in [-0.15, -0.1) is 34.5 Å². The van der Waals surface area contributed by atoms with Gasteiger partial charge in [-0.3, -0.25) is 0 Å². The Morgan fingerprint density at radius 2 is 1.75 bits per heavy atom. The van der Waals surface area contributed by atoms with E-state index in [0.717, 1.165) is 6.42 Å². The Labute approximate surface area is 113 Å². The molecule has 0 spiro atoms. The number of aryl methyl sites for hydroxylation is 2. The van der Waals surface area contributed by atoms with E-state index in [1.54, 1.807) is 0 Å². The molecule has 0 unspecified atom stereocenters. The number of fused-ring (bicyclic) bond motifs is 1. The molecule has 0 aromatic heterocycles. The maximum Gasteiger partial charge on any atom is 4.00 e. The van der Waals surface area contributed by atoms with Crippen LogP contribution in [0.15, 0.2) is 30.3 Å². The summed E-state index contributed by atoms with van der Waals surface area (Å²) in [4.78, 5) is 0. The third kappa shape index (κ3) is 3.82. The van der Waals surface area contributed by atoms with Crippen LogP contribution in [0, 0.1) is 6.92 Å². The largest absolute Gasteiger partial charge is 4.00 e. The zero-order chi connectivity index (χ0) is 8.55. The van der Waals surface area contributed by atoms with Crippen molar-refractivity contribution in [2.24, 2.45) is 0 Å². The fourth-order valence-electron chi connectivity index (χ4n) is 1.66. The molecule has 2 rings (SSSR count). The molecule has 0 aliphatic rings. The van der Waals surface area contributed by atoms with E-state index in [1.165, 1.54) is 21.9 Å². The standard InChI is InChI=1S/C12H13.3FH.Zr/c1-3-10-7-11-6-4-5-9(2)12(11)8-10;;;;/h4-8H,3H2,1-2H3;3*1H;/q-1;;;;+4/p-3. The first-order valence-corrected chi connectivity index (χ1v) is 4.46. The van der Waals surface area contributed by atoms with E-state index in [-0.39, 0.29) is 40.3 Å². The average Bonchev–Trinajstić information content (AvgIpc) is 2.49. The van der Waals surface area contributed by atoms with Crippen molar-refractivity contribution in [2.45, 2.75) is 20.3 Å². The van der Waals surface area contributed by atoms with E-state index in [9.17, 15) is 0 Å². The first-order chi connectivity index (χ1) is 5.81. The third-order valence-corrected chi connectivity index (χ3v) is 2.44. The molecule has 0 fully saturated rings. The SMILES string of the molecule is CCc1cc2c(C)cccc2[cH-]1.[F-].[F-].[F-].[Zr+4]. The van der Waals surface area contributed by atoms with Gasteiger partial charge in [-0.1, -0.05) is 18.6 Å². The van der Waals surface area contributed by atoms with Gasteiger partial charge >= 0.3 is 26.2 Å². The second kappa shape index (κ2) is 8.63. The van der Waals surface area contributed by atoms with Gasteiger partial charge in [-0.25, -0.2) is 0 Å². The van der Waals surface area contributed by atoms with Crippen LogP contribution in [-0.4, -0.2) is 0 Å². The van der Waals surface area contributed by atoms with Crippen molar-refractivity contribution in [1.82, 2.24) is 0 Å². The Hall–Kier alpha value is -0.497. The quantitative estimate of drug-likeness (QED) is 0.461. The van der Waals surface area contributed by atoms with Crippen LogP contribution in [0.5, 0.6) is 0 Å². The van der Waals surface area contributed by atoms with Gasteiger partial charge in [0.15, 0.2) is 0 Å². The van der Waals surface area contributed by atoms with Crippen LogP contribution in [0.2, 0.25) is 0 Å². The van der Waals surface area contributed by atoms with Gasteiger partial charge in [0.2, 0.25) is 0 Å². The Morgan fingerprint density at radius 1 is 1.12 bits per heavy atom. The monoisotopic (exact) mass is 304 g/mol. The number of hydrogen-bond donors (Lipinski definition) is 0. The molecule has 2 aromatic rings. The van der Waals surface area contributed by atoms with Crippen LogP contribution in [0.3, 0.4) is 0 Å². The summed E-state index contributed by atoms with van der Waals surface area (Å²) in [5, 5.41) is 2.79. The van der Waals surface area contributed by atoms with Gasteiger partial charge in [0, 0.05) is 0 Å². The predicted molar refractivity (Wildman–Crippen MR) is 53.7 cm³/mol. The zero-order valence-corrected chi connectivity index (χ0v) is 11.7. The molecule has 0 aliphatic heterocycles. The second-order valence-electron chi connectivity index (χ2n) is 3.29. The van der Waals surface area contributed by atoms with Crippen LogP contribution < -0.4 is 14.1 Å². The molecule has 0 saturated heterocycles. The minimum absolute atomic E-state index is 0. The molecule has 0 atom stereocenters. The molecule has 4 heteroatoms. The van der Waals surface area contributed by atoms with Crippen LogP contribution in [-0.2, 0) is 32.6 Å². The molecule has 0 heterocycles. The molecule has 16 heavy (non-hydrogen) atoms. The number of hydrogen-bond acceptors (Lipinski definition) is 0. The summed E-state index contributed by atoms with van der Waals surface area (Å²) >= 11 is 0. The molecule has 0 N–H and O–H groups in total. The number of halogens is 3. The summed E-state index contributed by atoms with van der Waals surface area (Å²) in [7, 11) is 0. The summed E-state index contributed by atoms with van der Waals surface area (Å²) in [6, 6.07) is 11.0. The van der Waals surface area contributed by atoms with Gasteiger partial charge in [-0.05, 0) is 13.3 Å². The van der Waals surface area contributed by atoms with Crippen molar-refractivity contribution in [2.75, 3.05) is 0 Å². The Bertz CT molecular complexity index is 410. The predicted octanol–water partition coefficient (Wildman–Crippen LogP) is -5.56. The maximum atomic E-state index is 2.30. The van der Waals surface area contributed by atoms with Crippen molar-refractivity contribution in [1.29, 1.82) is 0 Å². The topological polar surface area (TPSA) is 0 Å². The minimum atomic E-state index is 0. The van der Waals surface area contributed by atoms with Crippen LogP contribution in [0.4, 0.5) is 0 Å². The molecule has 0 aliphatic carbocycles. The molecule has 86 valence electrons. The average molecular weight is 305 g/mol. The smallest absolute Gasteiger partial charge is 1.00 e. The summed E-state index contributed by atoms with van der Waals surface area (Å²) in [5.41, 5.74) is 2.83. The van der Waals surface area contributed by atoms with Gasteiger partial charge < -0.3 is 14.1 Å². The normalized spacial score (nSPS) is 8.12. The van der Waals surface area contributed by atoms with Crippen molar-refractivity contribution < 1.29 is 40.3 Å². The van der Waals surface area contributed by atoms with Crippen molar-refractivity contribution >= 4 is 10.8 Å². The molecule has 0 bridgehead atoms. The van der Waals surface area contributed by atoms with Gasteiger partial charge in [0.05, 0.1) is 0 Å². The van der Waals surface area contributed by atoms with Gasteiger partial charge in [-0.2, -0.15) is 6.07 Å². The van der Waals surface area contributed by atoms with Crippen molar-refractivity contribution in [3.8, 4) is 0 Å². The summed E-state index contributed by atoms with van der Waals surface area (Å²) in [6.07, 6.45) is 1.13. The first-order valence-electron chi connectivity index (χ1n) is 4.46. The van der Waals surface area contributed by atoms with Crippen LogP contribution >= 0.6 is 0 Å². The van der Waals surface area contributed by atoms with E-state index < -0.39 is 0 Å². The molecular formula is C12H13F3Zr. The molecule has 0 radical (unpaired) electrons. The molecular weight excluding hydrogens is 292 g/mol.